The minimum atomic E-state index is -0.873. The normalized spacial score (nSPS) is 16.8. The van der Waals surface area contributed by atoms with E-state index < -0.39 is 5.54 Å². The third kappa shape index (κ3) is 4.97. The summed E-state index contributed by atoms with van der Waals surface area (Å²) in [6, 6.07) is 22.7. The van der Waals surface area contributed by atoms with Gasteiger partial charge >= 0.3 is 0 Å². The molecule has 0 aliphatic carbocycles. The van der Waals surface area contributed by atoms with Crippen LogP contribution in [0.25, 0.3) is 22.6 Å². The van der Waals surface area contributed by atoms with Gasteiger partial charge in [0.05, 0.1) is 11.6 Å². The number of hydrogen-bond donors (Lipinski definition) is 2. The maximum absolute atomic E-state index is 13.5. The van der Waals surface area contributed by atoms with Crippen LogP contribution in [0.2, 0.25) is 0 Å². The third-order valence-electron chi connectivity index (χ3n) is 6.73. The van der Waals surface area contributed by atoms with E-state index in [1.165, 1.54) is 0 Å². The first-order valence-corrected chi connectivity index (χ1v) is 12.3. The van der Waals surface area contributed by atoms with E-state index in [0.29, 0.717) is 35.7 Å². The highest BCUT2D eigenvalue weighted by Crippen LogP contribution is 2.33. The van der Waals surface area contributed by atoms with Gasteiger partial charge in [-0.25, -0.2) is 0 Å². The predicted molar refractivity (Wildman–Crippen MR) is 144 cm³/mol. The highest BCUT2D eigenvalue weighted by molar-refractivity contribution is 5.98. The Morgan fingerprint density at radius 1 is 1.11 bits per heavy atom. The SMILES string of the molecule is C#CC1CCCN1C(=O)c1cc(-c2nnc([C@](C)(N)Cc3ccccc3)o2)cc(-c2ccccc2N)c1. The summed E-state index contributed by atoms with van der Waals surface area (Å²) in [7, 11) is 0. The zero-order valence-corrected chi connectivity index (χ0v) is 20.7. The van der Waals surface area contributed by atoms with E-state index in [-0.39, 0.29) is 17.8 Å². The van der Waals surface area contributed by atoms with Gasteiger partial charge < -0.3 is 20.8 Å². The molecule has 0 radical (unpaired) electrons. The van der Waals surface area contributed by atoms with Crippen LogP contribution in [0.5, 0.6) is 0 Å². The molecule has 0 bridgehead atoms. The highest BCUT2D eigenvalue weighted by atomic mass is 16.4. The monoisotopic (exact) mass is 491 g/mol. The van der Waals surface area contributed by atoms with Crippen LogP contribution in [0.3, 0.4) is 0 Å². The Morgan fingerprint density at radius 2 is 1.84 bits per heavy atom. The number of anilines is 1. The summed E-state index contributed by atoms with van der Waals surface area (Å²) in [5.74, 6) is 3.20. The van der Waals surface area contributed by atoms with E-state index >= 15 is 0 Å². The molecule has 1 aromatic heterocycles. The number of amides is 1. The lowest BCUT2D eigenvalue weighted by Gasteiger charge is -2.21. The number of benzene rings is 3. The molecule has 1 aliphatic rings. The fraction of sp³-hybridized carbons (Fsp3) is 0.233. The molecule has 2 atom stereocenters. The predicted octanol–water partition coefficient (Wildman–Crippen LogP) is 4.64. The molecule has 37 heavy (non-hydrogen) atoms. The number of para-hydroxylation sites is 1. The van der Waals surface area contributed by atoms with E-state index in [1.54, 1.807) is 11.0 Å². The number of terminal acetylenes is 1. The molecule has 1 fully saturated rings. The van der Waals surface area contributed by atoms with Crippen LogP contribution in [-0.4, -0.2) is 33.6 Å². The minimum Gasteiger partial charge on any atom is -0.419 e. The molecule has 1 saturated heterocycles. The molecule has 2 heterocycles. The number of likely N-dealkylation sites (tertiary alicyclic amines) is 1. The first-order chi connectivity index (χ1) is 17.9. The lowest BCUT2D eigenvalue weighted by molar-refractivity contribution is 0.0766. The van der Waals surface area contributed by atoms with Crippen molar-refractivity contribution in [2.24, 2.45) is 5.73 Å². The molecule has 186 valence electrons. The molecule has 4 N–H and O–H groups in total. The van der Waals surface area contributed by atoms with Crippen molar-refractivity contribution in [2.75, 3.05) is 12.3 Å². The summed E-state index contributed by atoms with van der Waals surface area (Å²) in [5, 5.41) is 8.56. The van der Waals surface area contributed by atoms with Crippen molar-refractivity contribution >= 4 is 11.6 Å². The van der Waals surface area contributed by atoms with Crippen LogP contribution in [0.4, 0.5) is 5.69 Å². The quantitative estimate of drug-likeness (QED) is 0.300. The number of nitrogens with zero attached hydrogens (tertiary/aromatic N) is 3. The van der Waals surface area contributed by atoms with Gasteiger partial charge in [-0.1, -0.05) is 54.5 Å². The summed E-state index contributed by atoms with van der Waals surface area (Å²) in [5.41, 5.74) is 16.3. The van der Waals surface area contributed by atoms with E-state index in [0.717, 1.165) is 29.5 Å². The second kappa shape index (κ2) is 9.92. The average molecular weight is 492 g/mol. The highest BCUT2D eigenvalue weighted by Gasteiger charge is 2.31. The second-order valence-corrected chi connectivity index (χ2v) is 9.70. The molecule has 4 aromatic rings. The van der Waals surface area contributed by atoms with Crippen molar-refractivity contribution in [1.29, 1.82) is 0 Å². The van der Waals surface area contributed by atoms with Crippen LogP contribution in [0, 0.1) is 12.3 Å². The minimum absolute atomic E-state index is 0.134. The lowest BCUT2D eigenvalue weighted by atomic mass is 9.94. The van der Waals surface area contributed by atoms with Gasteiger partial charge in [-0.2, -0.15) is 0 Å². The van der Waals surface area contributed by atoms with E-state index in [1.807, 2.05) is 73.7 Å². The number of hydrogen-bond acceptors (Lipinski definition) is 6. The summed E-state index contributed by atoms with van der Waals surface area (Å²) in [4.78, 5) is 15.3. The Hall–Kier alpha value is -4.41. The Morgan fingerprint density at radius 3 is 2.59 bits per heavy atom. The van der Waals surface area contributed by atoms with Crippen molar-refractivity contribution in [1.82, 2.24) is 15.1 Å². The Labute approximate surface area is 216 Å². The summed E-state index contributed by atoms with van der Waals surface area (Å²) in [6.45, 7) is 2.48. The van der Waals surface area contributed by atoms with Crippen molar-refractivity contribution in [3.05, 3.63) is 89.8 Å². The zero-order chi connectivity index (χ0) is 26.0. The Bertz CT molecular complexity index is 1470. The van der Waals surface area contributed by atoms with Crippen LogP contribution < -0.4 is 11.5 Å². The third-order valence-corrected chi connectivity index (χ3v) is 6.73. The number of nitrogen functional groups attached to an aromatic ring is 1. The topological polar surface area (TPSA) is 111 Å². The number of carbonyl (C=O) groups excluding carboxylic acids is 1. The van der Waals surface area contributed by atoms with Crippen molar-refractivity contribution in [3.8, 4) is 34.9 Å². The standard InChI is InChI=1S/C30H29N5O2/c1-3-24-12-9-15-35(24)28(36)23-17-21(25-13-7-8-14-26(25)31)16-22(18-23)27-33-34-29(37-27)30(2,32)19-20-10-5-4-6-11-20/h1,4-8,10-11,13-14,16-18,24H,9,12,15,19,31-32H2,2H3/t24?,30-/m1/s1. The average Bonchev–Trinajstić information content (AvgIpc) is 3.59. The molecule has 7 nitrogen and oxygen atoms in total. The first-order valence-electron chi connectivity index (χ1n) is 12.3. The summed E-state index contributed by atoms with van der Waals surface area (Å²) >= 11 is 0. The van der Waals surface area contributed by atoms with Gasteiger partial charge in [0, 0.05) is 28.9 Å². The van der Waals surface area contributed by atoms with Gasteiger partial charge in [0.15, 0.2) is 0 Å². The lowest BCUT2D eigenvalue weighted by Crippen LogP contribution is -2.35. The molecule has 5 rings (SSSR count). The maximum Gasteiger partial charge on any atom is 0.254 e. The number of rotatable bonds is 6. The Kier molecular flexibility index (Phi) is 6.51. The van der Waals surface area contributed by atoms with Gasteiger partial charge in [-0.15, -0.1) is 16.6 Å². The molecule has 1 unspecified atom stereocenters. The molecule has 0 saturated carbocycles. The first kappa shape index (κ1) is 24.3. The van der Waals surface area contributed by atoms with Gasteiger partial charge in [-0.05, 0) is 61.6 Å². The molecule has 1 amide bonds. The van der Waals surface area contributed by atoms with Crippen molar-refractivity contribution in [3.63, 3.8) is 0 Å². The van der Waals surface area contributed by atoms with Gasteiger partial charge in [0.2, 0.25) is 11.8 Å². The molecular weight excluding hydrogens is 462 g/mol. The van der Waals surface area contributed by atoms with E-state index in [9.17, 15) is 4.79 Å². The van der Waals surface area contributed by atoms with E-state index in [4.69, 9.17) is 22.3 Å². The maximum atomic E-state index is 13.5. The molecular formula is C30H29N5O2. The molecule has 3 aromatic carbocycles. The summed E-state index contributed by atoms with van der Waals surface area (Å²) in [6.07, 6.45) is 7.90. The van der Waals surface area contributed by atoms with Crippen LogP contribution in [0.15, 0.2) is 77.2 Å². The fourth-order valence-corrected chi connectivity index (χ4v) is 4.81. The molecule has 1 aliphatic heterocycles. The van der Waals surface area contributed by atoms with Gasteiger partial charge in [0.25, 0.3) is 5.91 Å². The fourth-order valence-electron chi connectivity index (χ4n) is 4.81. The second-order valence-electron chi connectivity index (χ2n) is 9.70. The smallest absolute Gasteiger partial charge is 0.254 e. The number of aromatic nitrogens is 2. The Balaban J connectivity index is 1.55. The number of nitrogens with two attached hydrogens (primary N) is 2. The van der Waals surface area contributed by atoms with Crippen LogP contribution in [-0.2, 0) is 12.0 Å². The van der Waals surface area contributed by atoms with Crippen molar-refractivity contribution < 1.29 is 9.21 Å². The largest absolute Gasteiger partial charge is 0.419 e. The van der Waals surface area contributed by atoms with E-state index in [2.05, 4.69) is 16.1 Å². The van der Waals surface area contributed by atoms with Gasteiger partial charge in [0.1, 0.15) is 0 Å². The summed E-state index contributed by atoms with van der Waals surface area (Å²) < 4.78 is 6.09. The molecule has 7 heteroatoms. The van der Waals surface area contributed by atoms with Gasteiger partial charge in [-0.3, -0.25) is 4.79 Å². The van der Waals surface area contributed by atoms with Crippen molar-refractivity contribution in [2.45, 2.75) is 37.8 Å². The number of carbonyl (C=O) groups is 1. The zero-order valence-electron chi connectivity index (χ0n) is 20.7. The van der Waals surface area contributed by atoms with Crippen LogP contribution >= 0.6 is 0 Å². The van der Waals surface area contributed by atoms with Crippen LogP contribution in [0.1, 0.15) is 41.6 Å². The molecule has 0 spiro atoms.